The SMILES string of the molecule is COC[C@@H](C)NC(=S)N1CCc2ccccc2C1. The van der Waals surface area contributed by atoms with Crippen molar-refractivity contribution in [2.75, 3.05) is 20.3 Å². The second-order valence-corrected chi connectivity index (χ2v) is 5.13. The maximum atomic E-state index is 5.45. The summed E-state index contributed by atoms with van der Waals surface area (Å²) in [6, 6.07) is 8.83. The monoisotopic (exact) mass is 264 g/mol. The lowest BCUT2D eigenvalue weighted by Crippen LogP contribution is -2.46. The van der Waals surface area contributed by atoms with Gasteiger partial charge in [0.15, 0.2) is 5.11 Å². The molecule has 0 aliphatic carbocycles. The van der Waals surface area contributed by atoms with Crippen LogP contribution in [0.5, 0.6) is 0 Å². The topological polar surface area (TPSA) is 24.5 Å². The van der Waals surface area contributed by atoms with E-state index in [1.54, 1.807) is 7.11 Å². The number of thiocarbonyl (C=S) groups is 1. The summed E-state index contributed by atoms with van der Waals surface area (Å²) in [6.07, 6.45) is 1.07. The normalized spacial score (nSPS) is 16.0. The first-order valence-corrected chi connectivity index (χ1v) is 6.72. The summed E-state index contributed by atoms with van der Waals surface area (Å²) < 4.78 is 5.11. The molecule has 1 atom stereocenters. The highest BCUT2D eigenvalue weighted by molar-refractivity contribution is 7.80. The molecule has 1 heterocycles. The van der Waals surface area contributed by atoms with Gasteiger partial charge in [-0.05, 0) is 36.7 Å². The molecule has 2 rings (SSSR count). The third kappa shape index (κ3) is 3.21. The molecule has 1 aliphatic heterocycles. The summed E-state index contributed by atoms with van der Waals surface area (Å²) >= 11 is 5.45. The number of hydrogen-bond donors (Lipinski definition) is 1. The molecule has 3 nitrogen and oxygen atoms in total. The molecule has 1 aromatic rings. The molecule has 0 radical (unpaired) electrons. The predicted octanol–water partition coefficient (Wildman–Crippen LogP) is 1.95. The molecule has 18 heavy (non-hydrogen) atoms. The van der Waals surface area contributed by atoms with Gasteiger partial charge in [-0.2, -0.15) is 0 Å². The zero-order valence-electron chi connectivity index (χ0n) is 11.0. The van der Waals surface area contributed by atoms with E-state index in [-0.39, 0.29) is 6.04 Å². The maximum Gasteiger partial charge on any atom is 0.169 e. The van der Waals surface area contributed by atoms with Gasteiger partial charge in [0, 0.05) is 26.2 Å². The van der Waals surface area contributed by atoms with Gasteiger partial charge in [0.1, 0.15) is 0 Å². The molecule has 1 aliphatic rings. The number of nitrogens with one attached hydrogen (secondary N) is 1. The lowest BCUT2D eigenvalue weighted by atomic mass is 10.0. The van der Waals surface area contributed by atoms with Crippen LogP contribution >= 0.6 is 12.2 Å². The molecule has 0 fully saturated rings. The van der Waals surface area contributed by atoms with Gasteiger partial charge in [-0.25, -0.2) is 0 Å². The molecular weight excluding hydrogens is 244 g/mol. The third-order valence-electron chi connectivity index (χ3n) is 3.20. The molecule has 1 N–H and O–H groups in total. The van der Waals surface area contributed by atoms with Gasteiger partial charge < -0.3 is 15.0 Å². The van der Waals surface area contributed by atoms with Crippen LogP contribution < -0.4 is 5.32 Å². The number of benzene rings is 1. The van der Waals surface area contributed by atoms with Crippen LogP contribution in [-0.4, -0.2) is 36.3 Å². The van der Waals surface area contributed by atoms with Crippen molar-refractivity contribution in [1.29, 1.82) is 0 Å². The van der Waals surface area contributed by atoms with E-state index in [1.807, 2.05) is 0 Å². The van der Waals surface area contributed by atoms with Crippen LogP contribution in [0.4, 0.5) is 0 Å². The molecule has 0 saturated heterocycles. The van der Waals surface area contributed by atoms with E-state index in [2.05, 4.69) is 41.4 Å². The molecule has 98 valence electrons. The second-order valence-electron chi connectivity index (χ2n) is 4.75. The molecule has 0 aromatic heterocycles. The fourth-order valence-electron chi connectivity index (χ4n) is 2.26. The summed E-state index contributed by atoms with van der Waals surface area (Å²) in [7, 11) is 1.71. The molecule has 4 heteroatoms. The fourth-order valence-corrected chi connectivity index (χ4v) is 2.62. The molecule has 0 saturated carbocycles. The zero-order valence-corrected chi connectivity index (χ0v) is 11.8. The largest absolute Gasteiger partial charge is 0.383 e. The highest BCUT2D eigenvalue weighted by atomic mass is 32.1. The average molecular weight is 264 g/mol. The Kier molecular flexibility index (Phi) is 4.55. The minimum absolute atomic E-state index is 0.250. The summed E-state index contributed by atoms with van der Waals surface area (Å²) in [5.74, 6) is 0. The lowest BCUT2D eigenvalue weighted by Gasteiger charge is -2.32. The van der Waals surface area contributed by atoms with Gasteiger partial charge in [-0.1, -0.05) is 24.3 Å². The van der Waals surface area contributed by atoms with Crippen molar-refractivity contribution in [3.8, 4) is 0 Å². The van der Waals surface area contributed by atoms with Gasteiger partial charge in [-0.3, -0.25) is 0 Å². The summed E-state index contributed by atoms with van der Waals surface area (Å²) in [4.78, 5) is 2.23. The Morgan fingerprint density at radius 3 is 2.89 bits per heavy atom. The smallest absolute Gasteiger partial charge is 0.169 e. The van der Waals surface area contributed by atoms with E-state index in [4.69, 9.17) is 17.0 Å². The van der Waals surface area contributed by atoms with Crippen LogP contribution in [-0.2, 0) is 17.7 Å². The molecule has 0 unspecified atom stereocenters. The second kappa shape index (κ2) is 6.16. The van der Waals surface area contributed by atoms with Crippen molar-refractivity contribution in [3.63, 3.8) is 0 Å². The number of rotatable bonds is 3. The number of nitrogens with zero attached hydrogens (tertiary/aromatic N) is 1. The van der Waals surface area contributed by atoms with Crippen molar-refractivity contribution in [2.45, 2.75) is 25.9 Å². The average Bonchev–Trinajstić information content (AvgIpc) is 2.38. The van der Waals surface area contributed by atoms with Crippen LogP contribution in [0, 0.1) is 0 Å². The van der Waals surface area contributed by atoms with Crippen molar-refractivity contribution < 1.29 is 4.74 Å². The Hall–Kier alpha value is -1.13. The first-order chi connectivity index (χ1) is 8.70. The molecular formula is C14H20N2OS. The van der Waals surface area contributed by atoms with Crippen LogP contribution in [0.1, 0.15) is 18.1 Å². The standard InChI is InChI=1S/C14H20N2OS/c1-11(10-17-2)15-14(18)16-8-7-12-5-3-4-6-13(12)9-16/h3-6,11H,7-10H2,1-2H3,(H,15,18)/t11-/m1/s1. The summed E-state index contributed by atoms with van der Waals surface area (Å²) in [5, 5.41) is 4.14. The van der Waals surface area contributed by atoms with Crippen LogP contribution in [0.15, 0.2) is 24.3 Å². The van der Waals surface area contributed by atoms with Crippen molar-refractivity contribution in [3.05, 3.63) is 35.4 Å². The number of ether oxygens (including phenoxy) is 1. The quantitative estimate of drug-likeness (QED) is 0.844. The van der Waals surface area contributed by atoms with E-state index in [9.17, 15) is 0 Å². The first-order valence-electron chi connectivity index (χ1n) is 6.32. The molecule has 0 amide bonds. The van der Waals surface area contributed by atoms with Gasteiger partial charge in [0.2, 0.25) is 0 Å². The van der Waals surface area contributed by atoms with Crippen molar-refractivity contribution in [2.24, 2.45) is 0 Å². The molecule has 1 aromatic carbocycles. The van der Waals surface area contributed by atoms with Crippen molar-refractivity contribution >= 4 is 17.3 Å². The van der Waals surface area contributed by atoms with Gasteiger partial charge in [0.05, 0.1) is 6.61 Å². The number of methoxy groups -OCH3 is 1. The highest BCUT2D eigenvalue weighted by Gasteiger charge is 2.18. The zero-order chi connectivity index (χ0) is 13.0. The van der Waals surface area contributed by atoms with Crippen LogP contribution in [0.2, 0.25) is 0 Å². The lowest BCUT2D eigenvalue weighted by molar-refractivity contribution is 0.177. The van der Waals surface area contributed by atoms with Crippen LogP contribution in [0.25, 0.3) is 0 Å². The van der Waals surface area contributed by atoms with Gasteiger partial charge >= 0.3 is 0 Å². The molecule has 0 bridgehead atoms. The van der Waals surface area contributed by atoms with Crippen molar-refractivity contribution in [1.82, 2.24) is 10.2 Å². The Labute approximate surface area is 114 Å². The minimum atomic E-state index is 0.250. The number of fused-ring (bicyclic) bond motifs is 1. The van der Waals surface area contributed by atoms with Gasteiger partial charge in [-0.15, -0.1) is 0 Å². The summed E-state index contributed by atoms with van der Waals surface area (Å²) in [5.41, 5.74) is 2.83. The minimum Gasteiger partial charge on any atom is -0.383 e. The van der Waals surface area contributed by atoms with E-state index in [0.29, 0.717) is 6.61 Å². The summed E-state index contributed by atoms with van der Waals surface area (Å²) in [6.45, 7) is 4.64. The van der Waals surface area contributed by atoms with E-state index >= 15 is 0 Å². The number of hydrogen-bond acceptors (Lipinski definition) is 2. The van der Waals surface area contributed by atoms with E-state index in [0.717, 1.165) is 24.6 Å². The third-order valence-corrected chi connectivity index (χ3v) is 3.58. The first kappa shape index (κ1) is 13.3. The predicted molar refractivity (Wildman–Crippen MR) is 77.6 cm³/mol. The Balaban J connectivity index is 1.94. The van der Waals surface area contributed by atoms with E-state index < -0.39 is 0 Å². The highest BCUT2D eigenvalue weighted by Crippen LogP contribution is 2.18. The molecule has 0 spiro atoms. The van der Waals surface area contributed by atoms with Crippen LogP contribution in [0.3, 0.4) is 0 Å². The fraction of sp³-hybridized carbons (Fsp3) is 0.500. The Morgan fingerprint density at radius 1 is 1.44 bits per heavy atom. The van der Waals surface area contributed by atoms with E-state index in [1.165, 1.54) is 11.1 Å². The van der Waals surface area contributed by atoms with Gasteiger partial charge in [0.25, 0.3) is 0 Å². The Morgan fingerprint density at radius 2 is 2.17 bits per heavy atom. The maximum absolute atomic E-state index is 5.45. The Bertz CT molecular complexity index is 422.